The molecule has 1 atom stereocenters. The summed E-state index contributed by atoms with van der Waals surface area (Å²) in [5, 5.41) is 2.68. The standard InChI is InChI=1S/C40H52ClF3N6O6/c1-25(2)55-35(51)24-47-14-7-27(8-15-47)28-9-16-48(17-10-28)37(52)34(23-26-21-31(40(42,43)44)36(45)32(41)22-26)56-39(54)49-18-12-30(13-19-49)50-20-11-29-5-3-4-6-33(29)46-38(50)53/h3-6,21-22,25,27-28,30,34H,7-20,23-24,45H2,1-2H3,(H,46,53)/t34-/m1/s1. The Morgan fingerprint density at radius 1 is 0.893 bits per heavy atom. The van der Waals surface area contributed by atoms with Gasteiger partial charge in [0.05, 0.1) is 28.9 Å². The first kappa shape index (κ1) is 41.4. The van der Waals surface area contributed by atoms with Crippen molar-refractivity contribution in [2.45, 2.75) is 89.6 Å². The number of carbonyl (C=O) groups excluding carboxylic acids is 4. The summed E-state index contributed by atoms with van der Waals surface area (Å²) >= 11 is 6.14. The predicted octanol–water partition coefficient (Wildman–Crippen LogP) is 6.45. The number of carbonyl (C=O) groups is 4. The number of nitrogens with two attached hydrogens (primary N) is 1. The fourth-order valence-corrected chi connectivity index (χ4v) is 8.82. The van der Waals surface area contributed by atoms with E-state index in [4.69, 9.17) is 26.8 Å². The molecule has 4 amide bonds. The highest BCUT2D eigenvalue weighted by molar-refractivity contribution is 6.33. The Kier molecular flexibility index (Phi) is 13.2. The lowest BCUT2D eigenvalue weighted by Crippen LogP contribution is -2.52. The number of nitrogen functional groups attached to an aromatic ring is 1. The number of halogens is 4. The molecule has 0 aromatic heterocycles. The molecule has 4 aliphatic rings. The number of urea groups is 1. The van der Waals surface area contributed by atoms with Crippen molar-refractivity contribution >= 4 is 47.0 Å². The van der Waals surface area contributed by atoms with Crippen LogP contribution < -0.4 is 11.1 Å². The molecular weight excluding hydrogens is 753 g/mol. The molecule has 16 heteroatoms. The molecule has 3 saturated heterocycles. The Labute approximate surface area is 330 Å². The van der Waals surface area contributed by atoms with E-state index in [1.807, 2.05) is 38.1 Å². The van der Waals surface area contributed by atoms with Gasteiger partial charge in [-0.05, 0) is 113 Å². The smallest absolute Gasteiger partial charge is 0.418 e. The Morgan fingerprint density at radius 2 is 1.52 bits per heavy atom. The maximum absolute atomic E-state index is 14.1. The lowest BCUT2D eigenvalue weighted by molar-refractivity contribution is -0.149. The molecular formula is C40H52ClF3N6O6. The number of piperidine rings is 3. The Balaban J connectivity index is 1.08. The van der Waals surface area contributed by atoms with Crippen LogP contribution in [0.4, 0.5) is 34.1 Å². The van der Waals surface area contributed by atoms with E-state index in [0.29, 0.717) is 50.7 Å². The molecule has 56 heavy (non-hydrogen) atoms. The van der Waals surface area contributed by atoms with E-state index in [2.05, 4.69) is 10.2 Å². The van der Waals surface area contributed by atoms with Crippen LogP contribution in [0.25, 0.3) is 0 Å². The number of nitrogens with one attached hydrogen (secondary N) is 1. The third-order valence-corrected chi connectivity index (χ3v) is 11.9. The molecule has 0 radical (unpaired) electrons. The quantitative estimate of drug-likeness (QED) is 0.218. The molecule has 2 aromatic rings. The zero-order chi connectivity index (χ0) is 40.1. The molecule has 0 bridgehead atoms. The lowest BCUT2D eigenvalue weighted by Gasteiger charge is -2.41. The van der Waals surface area contributed by atoms with Crippen LogP contribution in [-0.4, -0.2) is 114 Å². The summed E-state index contributed by atoms with van der Waals surface area (Å²) in [5.41, 5.74) is 5.84. The lowest BCUT2D eigenvalue weighted by atomic mass is 9.78. The van der Waals surface area contributed by atoms with Gasteiger partial charge in [-0.3, -0.25) is 14.5 Å². The summed E-state index contributed by atoms with van der Waals surface area (Å²) < 4.78 is 52.8. The molecule has 6 rings (SSSR count). The molecule has 3 N–H and O–H groups in total. The molecule has 4 aliphatic heterocycles. The number of esters is 1. The number of rotatable bonds is 9. The number of hydrogen-bond acceptors (Lipinski definition) is 8. The number of likely N-dealkylation sites (tertiary alicyclic amines) is 3. The summed E-state index contributed by atoms with van der Waals surface area (Å²) in [5.74, 6) is 0.105. The van der Waals surface area contributed by atoms with Gasteiger partial charge in [0, 0.05) is 50.9 Å². The number of ether oxygens (including phenoxy) is 2. The number of benzene rings is 2. The maximum Gasteiger partial charge on any atom is 0.418 e. The fourth-order valence-electron chi connectivity index (χ4n) is 8.57. The highest BCUT2D eigenvalue weighted by atomic mass is 35.5. The van der Waals surface area contributed by atoms with Crippen LogP contribution in [0.5, 0.6) is 0 Å². The van der Waals surface area contributed by atoms with E-state index in [9.17, 15) is 32.3 Å². The summed E-state index contributed by atoms with van der Waals surface area (Å²) in [7, 11) is 0. The maximum atomic E-state index is 14.1. The van der Waals surface area contributed by atoms with E-state index in [1.54, 1.807) is 9.80 Å². The van der Waals surface area contributed by atoms with Crippen LogP contribution in [0.15, 0.2) is 36.4 Å². The van der Waals surface area contributed by atoms with Gasteiger partial charge in [-0.2, -0.15) is 13.2 Å². The minimum atomic E-state index is -4.78. The van der Waals surface area contributed by atoms with Gasteiger partial charge < -0.3 is 35.2 Å². The van der Waals surface area contributed by atoms with E-state index in [0.717, 1.165) is 56.1 Å². The number of amides is 4. The van der Waals surface area contributed by atoms with Crippen molar-refractivity contribution in [3.05, 3.63) is 58.1 Å². The van der Waals surface area contributed by atoms with E-state index in [-0.39, 0.29) is 60.8 Å². The van der Waals surface area contributed by atoms with E-state index in [1.165, 1.54) is 11.0 Å². The number of para-hydroxylation sites is 1. The number of fused-ring (bicyclic) bond motifs is 1. The van der Waals surface area contributed by atoms with Crippen molar-refractivity contribution in [1.29, 1.82) is 0 Å². The average molecular weight is 805 g/mol. The third-order valence-electron chi connectivity index (χ3n) is 11.6. The van der Waals surface area contributed by atoms with Crippen molar-refractivity contribution in [2.24, 2.45) is 11.8 Å². The number of alkyl halides is 3. The summed E-state index contributed by atoms with van der Waals surface area (Å²) in [6, 6.07) is 9.49. The summed E-state index contributed by atoms with van der Waals surface area (Å²) in [6.45, 7) is 7.41. The van der Waals surface area contributed by atoms with Gasteiger partial charge in [0.25, 0.3) is 5.91 Å². The molecule has 0 aliphatic carbocycles. The van der Waals surface area contributed by atoms with Gasteiger partial charge in [-0.1, -0.05) is 29.8 Å². The normalized spacial score (nSPS) is 20.0. The highest BCUT2D eigenvalue weighted by Gasteiger charge is 2.39. The highest BCUT2D eigenvalue weighted by Crippen LogP contribution is 2.39. The van der Waals surface area contributed by atoms with Gasteiger partial charge in [-0.15, -0.1) is 0 Å². The van der Waals surface area contributed by atoms with Gasteiger partial charge in [-0.25, -0.2) is 9.59 Å². The Morgan fingerprint density at radius 3 is 2.16 bits per heavy atom. The van der Waals surface area contributed by atoms with Crippen LogP contribution in [-0.2, 0) is 38.1 Å². The molecule has 2 aromatic carbocycles. The first-order chi connectivity index (χ1) is 26.7. The number of anilines is 2. The second-order valence-corrected chi connectivity index (χ2v) is 16.1. The molecule has 306 valence electrons. The zero-order valence-corrected chi connectivity index (χ0v) is 32.7. The second-order valence-electron chi connectivity index (χ2n) is 15.7. The Hall–Kier alpha value is -4.24. The van der Waals surface area contributed by atoms with Crippen LogP contribution >= 0.6 is 11.6 Å². The minimum Gasteiger partial charge on any atom is -0.462 e. The Bertz CT molecular complexity index is 1740. The van der Waals surface area contributed by atoms with Gasteiger partial charge in [0.15, 0.2) is 6.10 Å². The molecule has 0 unspecified atom stereocenters. The van der Waals surface area contributed by atoms with Crippen LogP contribution in [0.3, 0.4) is 0 Å². The van der Waals surface area contributed by atoms with Gasteiger partial charge >= 0.3 is 24.3 Å². The van der Waals surface area contributed by atoms with Gasteiger partial charge in [0.1, 0.15) is 0 Å². The fraction of sp³-hybridized carbons (Fsp3) is 0.600. The third kappa shape index (κ3) is 10.2. The van der Waals surface area contributed by atoms with Crippen molar-refractivity contribution < 1.29 is 41.8 Å². The van der Waals surface area contributed by atoms with Crippen LogP contribution in [0.2, 0.25) is 5.02 Å². The zero-order valence-electron chi connectivity index (χ0n) is 32.0. The molecule has 0 saturated carbocycles. The molecule has 4 heterocycles. The van der Waals surface area contributed by atoms with Gasteiger partial charge in [0.2, 0.25) is 0 Å². The van der Waals surface area contributed by atoms with E-state index < -0.39 is 35.5 Å². The number of hydrogen-bond donors (Lipinski definition) is 2. The average Bonchev–Trinajstić information content (AvgIpc) is 3.33. The molecule has 0 spiro atoms. The first-order valence-electron chi connectivity index (χ1n) is 19.6. The largest absolute Gasteiger partial charge is 0.462 e. The minimum absolute atomic E-state index is 0.0634. The molecule has 12 nitrogen and oxygen atoms in total. The van der Waals surface area contributed by atoms with Crippen molar-refractivity contribution in [3.63, 3.8) is 0 Å². The first-order valence-corrected chi connectivity index (χ1v) is 20.0. The second kappa shape index (κ2) is 17.9. The molecule has 3 fully saturated rings. The predicted molar refractivity (Wildman–Crippen MR) is 205 cm³/mol. The van der Waals surface area contributed by atoms with E-state index >= 15 is 0 Å². The summed E-state index contributed by atoms with van der Waals surface area (Å²) in [4.78, 5) is 60.1. The van der Waals surface area contributed by atoms with Crippen molar-refractivity contribution in [1.82, 2.24) is 19.6 Å². The van der Waals surface area contributed by atoms with Crippen LogP contribution in [0, 0.1) is 11.8 Å². The monoisotopic (exact) mass is 804 g/mol. The number of nitrogens with zero attached hydrogens (tertiary/aromatic N) is 4. The SMILES string of the molecule is CC(C)OC(=O)CN1CCC(C2CCN(C(=O)[C@@H](Cc3cc(Cl)c(N)c(C(F)(F)F)c3)OC(=O)N3CCC(N4CCc5ccccc5NC4=O)CC3)CC2)CC1. The van der Waals surface area contributed by atoms with Crippen molar-refractivity contribution in [3.8, 4) is 0 Å². The van der Waals surface area contributed by atoms with Crippen molar-refractivity contribution in [2.75, 3.05) is 63.4 Å². The van der Waals surface area contributed by atoms with Crippen LogP contribution in [0.1, 0.15) is 69.1 Å². The summed E-state index contributed by atoms with van der Waals surface area (Å²) in [6.07, 6.45) is -2.39. The topological polar surface area (TPSA) is 138 Å².